The van der Waals surface area contributed by atoms with Gasteiger partial charge in [0.1, 0.15) is 11.5 Å². The zero-order chi connectivity index (χ0) is 21.0. The summed E-state index contributed by atoms with van der Waals surface area (Å²) < 4.78 is 15.3. The molecule has 0 amide bonds. The number of phenolic OH excluding ortho intramolecular Hbond substituents is 1. The van der Waals surface area contributed by atoms with Gasteiger partial charge < -0.3 is 24.8 Å². The van der Waals surface area contributed by atoms with Crippen LogP contribution < -0.4 is 10.5 Å². The standard InChI is InChI=1S/C18H23N3O5S2/c1-8-13(24-4)6-12(22)15(14(8)18(23)25-5)16(19)28-7-11(9(2)27)17-20-10(3)21-26-17/h6,11,16,22H,7,19H2,1-5H3/t11?,16-/m1/s1. The third-order valence-corrected chi connectivity index (χ3v) is 5.63. The van der Waals surface area contributed by atoms with Crippen molar-refractivity contribution in [3.63, 3.8) is 0 Å². The van der Waals surface area contributed by atoms with Crippen LogP contribution >= 0.6 is 24.0 Å². The number of nitrogens with zero attached hydrogens (tertiary/aromatic N) is 2. The molecule has 0 fully saturated rings. The molecule has 0 aliphatic rings. The summed E-state index contributed by atoms with van der Waals surface area (Å²) in [5.41, 5.74) is 7.32. The first-order chi connectivity index (χ1) is 13.2. The van der Waals surface area contributed by atoms with Gasteiger partial charge in [0, 0.05) is 27.8 Å². The van der Waals surface area contributed by atoms with E-state index in [-0.39, 0.29) is 22.8 Å². The highest BCUT2D eigenvalue weighted by Gasteiger charge is 2.28. The average molecular weight is 426 g/mol. The van der Waals surface area contributed by atoms with Crippen LogP contribution in [-0.2, 0) is 4.74 Å². The minimum absolute atomic E-state index is 0.146. The summed E-state index contributed by atoms with van der Waals surface area (Å²) in [5, 5.41) is 13.6. The van der Waals surface area contributed by atoms with Gasteiger partial charge in [0.05, 0.1) is 31.1 Å². The fourth-order valence-electron chi connectivity index (χ4n) is 2.73. The summed E-state index contributed by atoms with van der Waals surface area (Å²) in [6.45, 7) is 5.22. The molecule has 28 heavy (non-hydrogen) atoms. The fourth-order valence-corrected chi connectivity index (χ4v) is 4.22. The Kier molecular flexibility index (Phi) is 7.39. The zero-order valence-corrected chi connectivity index (χ0v) is 17.9. The Balaban J connectivity index is 2.35. The number of methoxy groups -OCH3 is 2. The number of esters is 1. The van der Waals surface area contributed by atoms with Crippen LogP contribution in [0.25, 0.3) is 0 Å². The molecule has 3 N–H and O–H groups in total. The molecule has 10 heteroatoms. The highest BCUT2D eigenvalue weighted by atomic mass is 32.2. The molecular formula is C18H23N3O5S2. The van der Waals surface area contributed by atoms with Crippen molar-refractivity contribution in [1.82, 2.24) is 10.1 Å². The molecule has 0 saturated carbocycles. The van der Waals surface area contributed by atoms with Gasteiger partial charge in [-0.2, -0.15) is 4.98 Å². The number of aromatic nitrogens is 2. The van der Waals surface area contributed by atoms with Crippen molar-refractivity contribution >= 4 is 34.8 Å². The second kappa shape index (κ2) is 9.35. The molecule has 8 nitrogen and oxygen atoms in total. The van der Waals surface area contributed by atoms with E-state index in [0.29, 0.717) is 33.6 Å². The molecule has 1 unspecified atom stereocenters. The predicted molar refractivity (Wildman–Crippen MR) is 110 cm³/mol. The number of aryl methyl sites for hydroxylation is 1. The van der Waals surface area contributed by atoms with Gasteiger partial charge in [0.2, 0.25) is 5.89 Å². The van der Waals surface area contributed by atoms with Gasteiger partial charge in [-0.25, -0.2) is 4.79 Å². The van der Waals surface area contributed by atoms with Crippen molar-refractivity contribution in [2.45, 2.75) is 32.1 Å². The average Bonchev–Trinajstić information content (AvgIpc) is 3.07. The van der Waals surface area contributed by atoms with E-state index >= 15 is 0 Å². The Morgan fingerprint density at radius 3 is 2.61 bits per heavy atom. The lowest BCUT2D eigenvalue weighted by Gasteiger charge is -2.21. The highest BCUT2D eigenvalue weighted by Crippen LogP contribution is 2.40. The monoisotopic (exact) mass is 425 g/mol. The van der Waals surface area contributed by atoms with E-state index in [9.17, 15) is 9.90 Å². The van der Waals surface area contributed by atoms with Crippen LogP contribution in [0.5, 0.6) is 11.5 Å². The topological polar surface area (TPSA) is 121 Å². The summed E-state index contributed by atoms with van der Waals surface area (Å²) in [5.74, 6) is 0.696. The van der Waals surface area contributed by atoms with Gasteiger partial charge >= 0.3 is 5.97 Å². The molecule has 0 aliphatic heterocycles. The lowest BCUT2D eigenvalue weighted by Crippen LogP contribution is -2.18. The highest BCUT2D eigenvalue weighted by molar-refractivity contribution is 7.99. The Labute approximate surface area is 172 Å². The number of phenols is 1. The van der Waals surface area contributed by atoms with Crippen LogP contribution in [0.15, 0.2) is 10.6 Å². The van der Waals surface area contributed by atoms with Crippen molar-refractivity contribution in [2.24, 2.45) is 5.73 Å². The summed E-state index contributed by atoms with van der Waals surface area (Å²) in [6.07, 6.45) is 0. The van der Waals surface area contributed by atoms with Crippen molar-refractivity contribution < 1.29 is 23.9 Å². The maximum absolute atomic E-state index is 12.3. The maximum Gasteiger partial charge on any atom is 0.338 e. The van der Waals surface area contributed by atoms with Crippen molar-refractivity contribution in [1.29, 1.82) is 0 Å². The van der Waals surface area contributed by atoms with Crippen LogP contribution in [0, 0.1) is 13.8 Å². The third kappa shape index (κ3) is 4.62. The Morgan fingerprint density at radius 2 is 2.11 bits per heavy atom. The first-order valence-corrected chi connectivity index (χ1v) is 9.83. The maximum atomic E-state index is 12.3. The number of thiocarbonyl (C=S) groups is 1. The number of carbonyl (C=O) groups is 1. The molecule has 2 rings (SSSR count). The smallest absolute Gasteiger partial charge is 0.338 e. The number of nitrogens with two attached hydrogens (primary N) is 1. The molecular weight excluding hydrogens is 402 g/mol. The molecule has 2 aromatic rings. The van der Waals surface area contributed by atoms with Gasteiger partial charge in [0.25, 0.3) is 0 Å². The van der Waals surface area contributed by atoms with E-state index in [1.54, 1.807) is 20.8 Å². The first kappa shape index (κ1) is 22.1. The molecule has 1 aromatic heterocycles. The van der Waals surface area contributed by atoms with Crippen molar-refractivity contribution in [3.05, 3.63) is 34.5 Å². The minimum Gasteiger partial charge on any atom is -0.507 e. The predicted octanol–water partition coefficient (Wildman–Crippen LogP) is 3.05. The fraction of sp³-hybridized carbons (Fsp3) is 0.444. The van der Waals surface area contributed by atoms with Gasteiger partial charge in [-0.05, 0) is 20.8 Å². The quantitative estimate of drug-likeness (QED) is 0.371. The van der Waals surface area contributed by atoms with Crippen molar-refractivity contribution in [2.75, 3.05) is 20.0 Å². The Hall–Kier alpha value is -2.17. The SMILES string of the molecule is COC(=O)c1c(C)c(OC)cc(O)c1[C@H](N)SCC(C(C)=S)c1nc(C)no1. The van der Waals surface area contributed by atoms with Crippen LogP contribution in [-0.4, -0.2) is 46.1 Å². The second-order valence-corrected chi connectivity index (χ2v) is 7.92. The van der Waals surface area contributed by atoms with Crippen LogP contribution in [0.4, 0.5) is 0 Å². The summed E-state index contributed by atoms with van der Waals surface area (Å²) >= 11 is 6.62. The summed E-state index contributed by atoms with van der Waals surface area (Å²) in [4.78, 5) is 17.3. The number of thioether (sulfide) groups is 1. The Morgan fingerprint density at radius 1 is 1.43 bits per heavy atom. The van der Waals surface area contributed by atoms with E-state index < -0.39 is 11.3 Å². The molecule has 1 aromatic carbocycles. The van der Waals surface area contributed by atoms with Crippen molar-refractivity contribution in [3.8, 4) is 11.5 Å². The van der Waals surface area contributed by atoms with Gasteiger partial charge in [-0.1, -0.05) is 17.4 Å². The molecule has 0 saturated heterocycles. The van der Waals surface area contributed by atoms with E-state index in [1.165, 1.54) is 32.0 Å². The molecule has 0 aliphatic carbocycles. The van der Waals surface area contributed by atoms with Crippen LogP contribution in [0.3, 0.4) is 0 Å². The number of rotatable bonds is 8. The summed E-state index contributed by atoms with van der Waals surface area (Å²) in [6, 6.07) is 1.43. The first-order valence-electron chi connectivity index (χ1n) is 8.37. The number of hydrogen-bond donors (Lipinski definition) is 2. The lowest BCUT2D eigenvalue weighted by atomic mass is 9.99. The van der Waals surface area contributed by atoms with E-state index in [0.717, 1.165) is 0 Å². The lowest BCUT2D eigenvalue weighted by molar-refractivity contribution is 0.0597. The largest absolute Gasteiger partial charge is 0.507 e. The van der Waals surface area contributed by atoms with Gasteiger partial charge in [0.15, 0.2) is 5.82 Å². The molecule has 1 heterocycles. The van der Waals surface area contributed by atoms with Crippen LogP contribution in [0.1, 0.15) is 51.4 Å². The molecule has 152 valence electrons. The number of aromatic hydroxyl groups is 1. The van der Waals surface area contributed by atoms with Gasteiger partial charge in [-0.3, -0.25) is 0 Å². The van der Waals surface area contributed by atoms with Gasteiger partial charge in [-0.15, -0.1) is 11.8 Å². The Bertz CT molecular complexity index is 884. The summed E-state index contributed by atoms with van der Waals surface area (Å²) in [7, 11) is 2.72. The minimum atomic E-state index is -0.723. The number of carbonyl (C=O) groups excluding carboxylic acids is 1. The normalized spacial score (nSPS) is 13.1. The third-order valence-electron chi connectivity index (χ3n) is 4.23. The van der Waals surface area contributed by atoms with E-state index in [4.69, 9.17) is 31.9 Å². The van der Waals surface area contributed by atoms with E-state index in [1.807, 2.05) is 0 Å². The number of ether oxygens (including phenoxy) is 2. The zero-order valence-electron chi connectivity index (χ0n) is 16.3. The second-order valence-electron chi connectivity index (χ2n) is 6.10. The molecule has 2 atom stereocenters. The van der Waals surface area contributed by atoms with E-state index in [2.05, 4.69) is 10.1 Å². The molecule has 0 radical (unpaired) electrons. The number of benzene rings is 1. The molecule has 0 bridgehead atoms. The van der Waals surface area contributed by atoms with Crippen LogP contribution in [0.2, 0.25) is 0 Å². The molecule has 0 spiro atoms. The number of hydrogen-bond acceptors (Lipinski definition) is 10.